The molecule has 0 bridgehead atoms. The number of carbonyl (C=O) groups excluding carboxylic acids is 1. The lowest BCUT2D eigenvalue weighted by Crippen LogP contribution is -2.09. The SMILES string of the molecule is CSCC(=O)c1ccc(N(C)C)cc1. The lowest BCUT2D eigenvalue weighted by atomic mass is 10.1. The molecule has 1 aromatic carbocycles. The Bertz CT molecular complexity index is 306. The summed E-state index contributed by atoms with van der Waals surface area (Å²) in [5.74, 6) is 0.754. The minimum absolute atomic E-state index is 0.197. The lowest BCUT2D eigenvalue weighted by Gasteiger charge is -2.12. The fraction of sp³-hybridized carbons (Fsp3) is 0.364. The first-order valence-electron chi connectivity index (χ1n) is 4.44. The van der Waals surface area contributed by atoms with E-state index in [-0.39, 0.29) is 5.78 Å². The highest BCUT2D eigenvalue weighted by atomic mass is 32.2. The maximum Gasteiger partial charge on any atom is 0.172 e. The van der Waals surface area contributed by atoms with E-state index in [9.17, 15) is 4.79 Å². The second-order valence-corrected chi connectivity index (χ2v) is 4.16. The van der Waals surface area contributed by atoms with E-state index >= 15 is 0 Å². The number of ketones is 1. The van der Waals surface area contributed by atoms with E-state index in [4.69, 9.17) is 0 Å². The van der Waals surface area contributed by atoms with Gasteiger partial charge in [-0.3, -0.25) is 4.79 Å². The van der Waals surface area contributed by atoms with Gasteiger partial charge in [0.2, 0.25) is 0 Å². The Morgan fingerprint density at radius 2 is 1.86 bits per heavy atom. The largest absolute Gasteiger partial charge is 0.378 e. The zero-order valence-electron chi connectivity index (χ0n) is 8.78. The molecule has 76 valence electrons. The van der Waals surface area contributed by atoms with E-state index in [1.807, 2.05) is 49.5 Å². The summed E-state index contributed by atoms with van der Waals surface area (Å²) in [6.45, 7) is 0. The minimum Gasteiger partial charge on any atom is -0.378 e. The number of Topliss-reactive ketones (excluding diaryl/α,β-unsaturated/α-hetero) is 1. The van der Waals surface area contributed by atoms with Crippen LogP contribution in [0.15, 0.2) is 24.3 Å². The third-order valence-electron chi connectivity index (χ3n) is 1.98. The van der Waals surface area contributed by atoms with Crippen LogP contribution in [0.4, 0.5) is 5.69 Å². The van der Waals surface area contributed by atoms with Gasteiger partial charge in [0.15, 0.2) is 5.78 Å². The van der Waals surface area contributed by atoms with Gasteiger partial charge in [0.25, 0.3) is 0 Å². The molecule has 14 heavy (non-hydrogen) atoms. The summed E-state index contributed by atoms with van der Waals surface area (Å²) < 4.78 is 0. The van der Waals surface area contributed by atoms with Crippen molar-refractivity contribution in [2.45, 2.75) is 0 Å². The number of thioether (sulfide) groups is 1. The highest BCUT2D eigenvalue weighted by Crippen LogP contribution is 2.13. The second kappa shape index (κ2) is 5.05. The van der Waals surface area contributed by atoms with Crippen LogP contribution in [0.5, 0.6) is 0 Å². The summed E-state index contributed by atoms with van der Waals surface area (Å²) in [4.78, 5) is 13.5. The highest BCUT2D eigenvalue weighted by molar-refractivity contribution is 7.99. The van der Waals surface area contributed by atoms with Gasteiger partial charge < -0.3 is 4.90 Å². The van der Waals surface area contributed by atoms with Crippen LogP contribution in [0.2, 0.25) is 0 Å². The molecule has 0 aliphatic heterocycles. The molecule has 0 aromatic heterocycles. The third kappa shape index (κ3) is 2.77. The zero-order valence-corrected chi connectivity index (χ0v) is 9.60. The molecule has 0 aliphatic carbocycles. The summed E-state index contributed by atoms with van der Waals surface area (Å²) in [7, 11) is 3.97. The Hall–Kier alpha value is -0.960. The van der Waals surface area contributed by atoms with E-state index in [1.165, 1.54) is 0 Å². The Kier molecular flexibility index (Phi) is 4.01. The van der Waals surface area contributed by atoms with Crippen molar-refractivity contribution in [2.24, 2.45) is 0 Å². The number of hydrogen-bond acceptors (Lipinski definition) is 3. The third-order valence-corrected chi connectivity index (χ3v) is 2.53. The molecule has 0 radical (unpaired) electrons. The van der Waals surface area contributed by atoms with Crippen LogP contribution in [0, 0.1) is 0 Å². The molecular formula is C11H15NOS. The lowest BCUT2D eigenvalue weighted by molar-refractivity contribution is 0.102. The van der Waals surface area contributed by atoms with Crippen molar-refractivity contribution in [3.63, 3.8) is 0 Å². The van der Waals surface area contributed by atoms with Gasteiger partial charge >= 0.3 is 0 Å². The van der Waals surface area contributed by atoms with Gasteiger partial charge in [0.1, 0.15) is 0 Å². The van der Waals surface area contributed by atoms with Crippen molar-refractivity contribution >= 4 is 23.2 Å². The van der Waals surface area contributed by atoms with Gasteiger partial charge in [-0.2, -0.15) is 11.8 Å². The van der Waals surface area contributed by atoms with Gasteiger partial charge in [-0.05, 0) is 30.5 Å². The molecule has 0 saturated heterocycles. The first-order chi connectivity index (χ1) is 6.65. The molecule has 0 unspecified atom stereocenters. The Morgan fingerprint density at radius 1 is 1.29 bits per heavy atom. The predicted octanol–water partition coefficient (Wildman–Crippen LogP) is 2.30. The van der Waals surface area contributed by atoms with E-state index in [0.29, 0.717) is 5.75 Å². The van der Waals surface area contributed by atoms with Crippen LogP contribution in [0.25, 0.3) is 0 Å². The summed E-state index contributed by atoms with van der Waals surface area (Å²) in [5.41, 5.74) is 1.91. The monoisotopic (exact) mass is 209 g/mol. The van der Waals surface area contributed by atoms with Crippen LogP contribution in [-0.4, -0.2) is 31.9 Å². The van der Waals surface area contributed by atoms with E-state index in [1.54, 1.807) is 11.8 Å². The Morgan fingerprint density at radius 3 is 2.29 bits per heavy atom. The highest BCUT2D eigenvalue weighted by Gasteiger charge is 2.04. The van der Waals surface area contributed by atoms with Crippen LogP contribution in [0.3, 0.4) is 0 Å². The van der Waals surface area contributed by atoms with Gasteiger partial charge in [-0.25, -0.2) is 0 Å². The first kappa shape index (κ1) is 11.1. The number of nitrogens with zero attached hydrogens (tertiary/aromatic N) is 1. The quantitative estimate of drug-likeness (QED) is 0.710. The van der Waals surface area contributed by atoms with E-state index < -0.39 is 0 Å². The zero-order chi connectivity index (χ0) is 10.6. The second-order valence-electron chi connectivity index (χ2n) is 3.30. The molecule has 0 aliphatic rings. The summed E-state index contributed by atoms with van der Waals surface area (Å²) >= 11 is 1.56. The van der Waals surface area contributed by atoms with Crippen LogP contribution < -0.4 is 4.90 Å². The first-order valence-corrected chi connectivity index (χ1v) is 5.84. The van der Waals surface area contributed by atoms with Crippen molar-refractivity contribution in [3.8, 4) is 0 Å². The molecule has 1 aromatic rings. The van der Waals surface area contributed by atoms with E-state index in [2.05, 4.69) is 0 Å². The molecule has 0 fully saturated rings. The maximum absolute atomic E-state index is 11.5. The molecule has 3 heteroatoms. The average Bonchev–Trinajstić information content (AvgIpc) is 2.18. The molecule has 0 N–H and O–H groups in total. The Balaban J connectivity index is 2.78. The van der Waals surface area contributed by atoms with Gasteiger partial charge in [0, 0.05) is 25.3 Å². The van der Waals surface area contributed by atoms with Gasteiger partial charge in [0.05, 0.1) is 5.75 Å². The van der Waals surface area contributed by atoms with Gasteiger partial charge in [-0.1, -0.05) is 0 Å². The van der Waals surface area contributed by atoms with Crippen LogP contribution >= 0.6 is 11.8 Å². The molecule has 1 rings (SSSR count). The van der Waals surface area contributed by atoms with Crippen molar-refractivity contribution < 1.29 is 4.79 Å². The van der Waals surface area contributed by atoms with Crippen molar-refractivity contribution in [3.05, 3.63) is 29.8 Å². The molecule has 0 spiro atoms. The molecule has 0 atom stereocenters. The molecule has 0 saturated carbocycles. The fourth-order valence-corrected chi connectivity index (χ4v) is 1.59. The molecule has 2 nitrogen and oxygen atoms in total. The Labute approximate surface area is 89.3 Å². The molecule has 0 heterocycles. The van der Waals surface area contributed by atoms with Crippen molar-refractivity contribution in [1.82, 2.24) is 0 Å². The molecule has 0 amide bonds. The van der Waals surface area contributed by atoms with Crippen LogP contribution in [-0.2, 0) is 0 Å². The standard InChI is InChI=1S/C11H15NOS/c1-12(2)10-6-4-9(5-7-10)11(13)8-14-3/h4-7H,8H2,1-3H3. The van der Waals surface area contributed by atoms with Gasteiger partial charge in [-0.15, -0.1) is 0 Å². The van der Waals surface area contributed by atoms with Crippen molar-refractivity contribution in [1.29, 1.82) is 0 Å². The van der Waals surface area contributed by atoms with E-state index in [0.717, 1.165) is 11.3 Å². The number of benzene rings is 1. The summed E-state index contributed by atoms with van der Waals surface area (Å²) in [5, 5.41) is 0. The number of rotatable bonds is 4. The smallest absolute Gasteiger partial charge is 0.172 e. The minimum atomic E-state index is 0.197. The number of anilines is 1. The average molecular weight is 209 g/mol. The maximum atomic E-state index is 11.5. The summed E-state index contributed by atoms with van der Waals surface area (Å²) in [6.07, 6.45) is 1.94. The predicted molar refractivity (Wildman–Crippen MR) is 63.5 cm³/mol. The van der Waals surface area contributed by atoms with Crippen LogP contribution in [0.1, 0.15) is 10.4 Å². The van der Waals surface area contributed by atoms with Crippen molar-refractivity contribution in [2.75, 3.05) is 31.0 Å². The number of carbonyl (C=O) groups is 1. The topological polar surface area (TPSA) is 20.3 Å². The molecular weight excluding hydrogens is 194 g/mol. The fourth-order valence-electron chi connectivity index (χ4n) is 1.16. The normalized spacial score (nSPS) is 9.93. The number of hydrogen-bond donors (Lipinski definition) is 0. The summed E-state index contributed by atoms with van der Waals surface area (Å²) in [6, 6.07) is 7.70.